The summed E-state index contributed by atoms with van der Waals surface area (Å²) in [4.78, 5) is 11.5. The van der Waals surface area contributed by atoms with Crippen molar-refractivity contribution in [2.45, 2.75) is 52.8 Å². The number of nitrogens with two attached hydrogens (primary N) is 1. The summed E-state index contributed by atoms with van der Waals surface area (Å²) in [5, 5.41) is 7.73. The third-order valence-corrected chi connectivity index (χ3v) is 9.52. The van der Waals surface area contributed by atoms with Gasteiger partial charge in [0.05, 0.1) is 10.8 Å². The molecular formula is C12H18N2O5S3. The Morgan fingerprint density at radius 1 is 1.50 bits per heavy atom. The van der Waals surface area contributed by atoms with Gasteiger partial charge in [-0.15, -0.1) is 11.3 Å². The van der Waals surface area contributed by atoms with Gasteiger partial charge in [0.15, 0.2) is 9.84 Å². The van der Waals surface area contributed by atoms with Crippen molar-refractivity contribution in [1.82, 2.24) is 5.32 Å². The van der Waals surface area contributed by atoms with Crippen LogP contribution in [0.5, 0.6) is 0 Å². The second-order valence-electron chi connectivity index (χ2n) is 5.55. The van der Waals surface area contributed by atoms with E-state index in [0.717, 1.165) is 0 Å². The number of fused-ring (bicyclic) bond motifs is 1. The second kappa shape index (κ2) is 5.29. The second-order valence-corrected chi connectivity index (χ2v) is 11.0. The largest absolute Gasteiger partial charge is 0.348 e. The third-order valence-electron chi connectivity index (χ3n) is 3.86. The smallest absolute Gasteiger partial charge is 0.247 e. The van der Waals surface area contributed by atoms with Gasteiger partial charge in [-0.3, -0.25) is 4.79 Å². The first-order chi connectivity index (χ1) is 9.95. The summed E-state index contributed by atoms with van der Waals surface area (Å²) in [5.41, 5.74) is 0.306. The van der Waals surface area contributed by atoms with Gasteiger partial charge in [0.25, 0.3) is 0 Å². The minimum atomic E-state index is -3.99. The van der Waals surface area contributed by atoms with Crippen molar-refractivity contribution in [2.75, 3.05) is 0 Å². The fraction of sp³-hybridized carbons (Fsp3) is 0.583. The van der Waals surface area contributed by atoms with Gasteiger partial charge < -0.3 is 5.32 Å². The highest BCUT2D eigenvalue weighted by molar-refractivity contribution is 7.96. The van der Waals surface area contributed by atoms with Gasteiger partial charge in [-0.05, 0) is 19.4 Å². The molecule has 1 aliphatic heterocycles. The molecule has 0 saturated carbocycles. The Labute approximate surface area is 133 Å². The third kappa shape index (κ3) is 2.47. The van der Waals surface area contributed by atoms with E-state index in [4.69, 9.17) is 5.14 Å². The van der Waals surface area contributed by atoms with Gasteiger partial charge in [0.1, 0.15) is 8.42 Å². The Balaban J connectivity index is 2.71. The predicted molar refractivity (Wildman–Crippen MR) is 82.7 cm³/mol. The highest BCUT2D eigenvalue weighted by atomic mass is 32.3. The van der Waals surface area contributed by atoms with Crippen molar-refractivity contribution in [3.63, 3.8) is 0 Å². The Hall–Kier alpha value is -0.970. The minimum absolute atomic E-state index is 0.0220. The molecule has 2 rings (SSSR count). The number of rotatable bonds is 4. The molecule has 2 unspecified atom stereocenters. The Bertz CT molecular complexity index is 825. The first kappa shape index (κ1) is 17.4. The lowest BCUT2D eigenvalue weighted by Gasteiger charge is -2.30. The molecule has 22 heavy (non-hydrogen) atoms. The normalized spacial score (nSPS) is 26.6. The SMILES string of the molecule is CCCC1(C)C(NC(C)=O)c2cc(S(N)(=O)=O)sc2S1(=O)=O. The quantitative estimate of drug-likeness (QED) is 0.820. The van der Waals surface area contributed by atoms with E-state index in [1.807, 2.05) is 6.92 Å². The fourth-order valence-corrected chi connectivity index (χ4v) is 7.81. The van der Waals surface area contributed by atoms with Crippen LogP contribution in [0.1, 0.15) is 45.2 Å². The van der Waals surface area contributed by atoms with E-state index in [2.05, 4.69) is 5.32 Å². The molecule has 1 amide bonds. The zero-order valence-electron chi connectivity index (χ0n) is 12.4. The number of sulfonamides is 1. The van der Waals surface area contributed by atoms with Crippen LogP contribution in [-0.4, -0.2) is 27.5 Å². The average Bonchev–Trinajstić information content (AvgIpc) is 2.84. The molecule has 0 aromatic carbocycles. The molecule has 0 radical (unpaired) electrons. The van der Waals surface area contributed by atoms with Crippen LogP contribution in [0.2, 0.25) is 0 Å². The summed E-state index contributed by atoms with van der Waals surface area (Å²) < 4.78 is 47.2. The minimum Gasteiger partial charge on any atom is -0.348 e. The van der Waals surface area contributed by atoms with Crippen molar-refractivity contribution < 1.29 is 21.6 Å². The maximum atomic E-state index is 12.9. The van der Waals surface area contributed by atoms with Gasteiger partial charge in [-0.1, -0.05) is 13.3 Å². The molecule has 7 nitrogen and oxygen atoms in total. The molecular weight excluding hydrogens is 348 g/mol. The molecule has 0 aliphatic carbocycles. The van der Waals surface area contributed by atoms with Crippen LogP contribution in [0.4, 0.5) is 0 Å². The first-order valence-electron chi connectivity index (χ1n) is 6.63. The van der Waals surface area contributed by atoms with E-state index in [1.165, 1.54) is 13.0 Å². The van der Waals surface area contributed by atoms with Crippen molar-refractivity contribution in [3.8, 4) is 0 Å². The van der Waals surface area contributed by atoms with E-state index in [1.54, 1.807) is 6.92 Å². The van der Waals surface area contributed by atoms with Crippen LogP contribution in [0.25, 0.3) is 0 Å². The number of nitrogens with one attached hydrogen (secondary N) is 1. The summed E-state index contributed by atoms with van der Waals surface area (Å²) in [6.45, 7) is 4.73. The van der Waals surface area contributed by atoms with Crippen molar-refractivity contribution in [2.24, 2.45) is 5.14 Å². The lowest BCUT2D eigenvalue weighted by Crippen LogP contribution is -2.44. The number of amides is 1. The number of thiophene rings is 1. The monoisotopic (exact) mass is 366 g/mol. The van der Waals surface area contributed by atoms with E-state index in [9.17, 15) is 21.6 Å². The van der Waals surface area contributed by atoms with E-state index in [-0.39, 0.29) is 14.3 Å². The summed E-state index contributed by atoms with van der Waals surface area (Å²) in [5.74, 6) is -0.376. The van der Waals surface area contributed by atoms with Crippen LogP contribution in [0.15, 0.2) is 14.5 Å². The molecule has 2 heterocycles. The van der Waals surface area contributed by atoms with Gasteiger partial charge in [0, 0.05) is 12.5 Å². The molecule has 1 aliphatic rings. The molecule has 2 atom stereocenters. The van der Waals surface area contributed by atoms with Crippen LogP contribution in [-0.2, 0) is 24.7 Å². The van der Waals surface area contributed by atoms with Gasteiger partial charge >= 0.3 is 0 Å². The molecule has 3 N–H and O–H groups in total. The molecule has 0 fully saturated rings. The zero-order chi connectivity index (χ0) is 16.9. The lowest BCUT2D eigenvalue weighted by atomic mass is 9.92. The van der Waals surface area contributed by atoms with E-state index in [0.29, 0.717) is 29.7 Å². The highest BCUT2D eigenvalue weighted by Gasteiger charge is 2.56. The van der Waals surface area contributed by atoms with E-state index >= 15 is 0 Å². The number of carbonyl (C=O) groups excluding carboxylic acids is 1. The van der Waals surface area contributed by atoms with Crippen LogP contribution in [0, 0.1) is 0 Å². The Morgan fingerprint density at radius 2 is 2.09 bits per heavy atom. The van der Waals surface area contributed by atoms with Crippen molar-refractivity contribution in [1.29, 1.82) is 0 Å². The molecule has 0 spiro atoms. The average molecular weight is 366 g/mol. The standard InChI is InChI=1S/C12H18N2O5S3/c1-4-5-12(3)10(14-7(2)15)8-6-9(22(13,18)19)20-11(8)21(12,16)17/h6,10H,4-5H2,1-3H3,(H,14,15)(H2,13,18,19). The Morgan fingerprint density at radius 3 is 2.55 bits per heavy atom. The predicted octanol–water partition coefficient (Wildman–Crippen LogP) is 0.919. The molecule has 1 aromatic rings. The number of sulfone groups is 1. The van der Waals surface area contributed by atoms with Gasteiger partial charge in [-0.25, -0.2) is 22.0 Å². The number of primary sulfonamides is 1. The summed E-state index contributed by atoms with van der Waals surface area (Å²) >= 11 is 0.643. The number of hydrogen-bond acceptors (Lipinski definition) is 6. The molecule has 1 aromatic heterocycles. The molecule has 0 bridgehead atoms. The highest BCUT2D eigenvalue weighted by Crippen LogP contribution is 2.52. The van der Waals surface area contributed by atoms with Crippen LogP contribution < -0.4 is 10.5 Å². The maximum Gasteiger partial charge on any atom is 0.247 e. The topological polar surface area (TPSA) is 123 Å². The summed E-state index contributed by atoms with van der Waals surface area (Å²) in [7, 11) is -7.75. The summed E-state index contributed by atoms with van der Waals surface area (Å²) in [6, 6.07) is 0.477. The summed E-state index contributed by atoms with van der Waals surface area (Å²) in [6.07, 6.45) is 0.967. The van der Waals surface area contributed by atoms with Crippen LogP contribution in [0.3, 0.4) is 0 Å². The van der Waals surface area contributed by atoms with E-state index < -0.39 is 30.6 Å². The number of carbonyl (C=O) groups is 1. The Kier molecular flexibility index (Phi) is 4.18. The van der Waals surface area contributed by atoms with Crippen molar-refractivity contribution >= 4 is 37.1 Å². The van der Waals surface area contributed by atoms with Crippen LogP contribution >= 0.6 is 11.3 Å². The zero-order valence-corrected chi connectivity index (χ0v) is 14.9. The lowest BCUT2D eigenvalue weighted by molar-refractivity contribution is -0.119. The molecule has 10 heteroatoms. The fourth-order valence-electron chi connectivity index (χ4n) is 2.82. The number of hydrogen-bond donors (Lipinski definition) is 2. The van der Waals surface area contributed by atoms with Gasteiger partial charge in [-0.2, -0.15) is 0 Å². The molecule has 124 valence electrons. The first-order valence-corrected chi connectivity index (χ1v) is 10.5. The maximum absolute atomic E-state index is 12.9. The molecule has 0 saturated heterocycles. The van der Waals surface area contributed by atoms with Gasteiger partial charge in [0.2, 0.25) is 15.9 Å². The van der Waals surface area contributed by atoms with Crippen molar-refractivity contribution in [3.05, 3.63) is 11.6 Å².